The van der Waals surface area contributed by atoms with Crippen molar-refractivity contribution in [3.05, 3.63) is 64.1 Å². The van der Waals surface area contributed by atoms with Gasteiger partial charge in [0.15, 0.2) is 0 Å². The molecule has 0 aliphatic heterocycles. The number of hydrogen-bond donors (Lipinski definition) is 2. The Morgan fingerprint density at radius 2 is 1.95 bits per heavy atom. The summed E-state index contributed by atoms with van der Waals surface area (Å²) in [5, 5.41) is 3.52. The van der Waals surface area contributed by atoms with E-state index in [1.807, 2.05) is 12.1 Å². The van der Waals surface area contributed by atoms with E-state index in [4.69, 9.17) is 5.73 Å². The van der Waals surface area contributed by atoms with Crippen LogP contribution in [0.15, 0.2) is 53.0 Å². The fraction of sp³-hybridized carbons (Fsp3) is 0.294. The van der Waals surface area contributed by atoms with Gasteiger partial charge in [0.05, 0.1) is 6.04 Å². The second-order valence-electron chi connectivity index (χ2n) is 5.39. The topological polar surface area (TPSA) is 38.0 Å². The maximum absolute atomic E-state index is 5.96. The highest BCUT2D eigenvalue weighted by atomic mass is 79.9. The van der Waals surface area contributed by atoms with Crippen molar-refractivity contribution in [2.75, 3.05) is 11.9 Å². The molecule has 3 heteroatoms. The number of halogens is 1. The zero-order chi connectivity index (χ0) is 13.9. The van der Waals surface area contributed by atoms with Crippen molar-refractivity contribution in [3.63, 3.8) is 0 Å². The number of hydrogen-bond acceptors (Lipinski definition) is 2. The lowest BCUT2D eigenvalue weighted by Gasteiger charge is -2.19. The average Bonchev–Trinajstić information content (AvgIpc) is 3.29. The first-order chi connectivity index (χ1) is 9.76. The van der Waals surface area contributed by atoms with Crippen LogP contribution < -0.4 is 11.1 Å². The van der Waals surface area contributed by atoms with E-state index in [1.165, 1.54) is 24.0 Å². The minimum absolute atomic E-state index is 0.156. The molecule has 0 bridgehead atoms. The predicted octanol–water partition coefficient (Wildman–Crippen LogP) is 4.44. The summed E-state index contributed by atoms with van der Waals surface area (Å²) in [6.07, 6.45) is 2.66. The fourth-order valence-corrected chi connectivity index (χ4v) is 2.90. The van der Waals surface area contributed by atoms with Gasteiger partial charge in [0, 0.05) is 16.7 Å². The molecule has 0 heterocycles. The van der Waals surface area contributed by atoms with E-state index >= 15 is 0 Å². The molecule has 0 saturated heterocycles. The van der Waals surface area contributed by atoms with E-state index in [2.05, 4.69) is 57.6 Å². The van der Waals surface area contributed by atoms with E-state index in [9.17, 15) is 0 Å². The van der Waals surface area contributed by atoms with Gasteiger partial charge in [-0.3, -0.25) is 0 Å². The molecule has 2 nitrogen and oxygen atoms in total. The molecular weight excluding hydrogens is 312 g/mol. The molecule has 2 aromatic carbocycles. The second-order valence-corrected chi connectivity index (χ2v) is 6.30. The van der Waals surface area contributed by atoms with Gasteiger partial charge in [0.25, 0.3) is 0 Å². The third-order valence-corrected chi connectivity index (χ3v) is 4.26. The van der Waals surface area contributed by atoms with Gasteiger partial charge in [-0.25, -0.2) is 0 Å². The highest BCUT2D eigenvalue weighted by Crippen LogP contribution is 2.40. The van der Waals surface area contributed by atoms with Crippen LogP contribution in [0.1, 0.15) is 35.9 Å². The summed E-state index contributed by atoms with van der Waals surface area (Å²) in [7, 11) is 0. The van der Waals surface area contributed by atoms with E-state index in [-0.39, 0.29) is 6.04 Å². The lowest BCUT2D eigenvalue weighted by Crippen LogP contribution is -2.20. The van der Waals surface area contributed by atoms with Crippen LogP contribution in [0.4, 0.5) is 5.69 Å². The minimum atomic E-state index is 0.156. The molecule has 1 atom stereocenters. The normalized spacial score (nSPS) is 15.9. The molecule has 3 N–H and O–H groups in total. The molecular formula is C17H19BrN2. The van der Waals surface area contributed by atoms with Crippen molar-refractivity contribution in [2.24, 2.45) is 5.73 Å². The lowest BCUT2D eigenvalue weighted by molar-refractivity contribution is 0.787. The van der Waals surface area contributed by atoms with Gasteiger partial charge in [-0.1, -0.05) is 46.3 Å². The monoisotopic (exact) mass is 330 g/mol. The van der Waals surface area contributed by atoms with Crippen LogP contribution in [-0.4, -0.2) is 6.54 Å². The Morgan fingerprint density at radius 1 is 1.15 bits per heavy atom. The lowest BCUT2D eigenvalue weighted by atomic mass is 10.0. The molecule has 104 valence electrons. The SMILES string of the molecule is NCC(Nc1cccc(Br)c1)c1cccc(C2CC2)c1. The second kappa shape index (κ2) is 5.98. The Hall–Kier alpha value is -1.32. The van der Waals surface area contributed by atoms with Gasteiger partial charge >= 0.3 is 0 Å². The number of anilines is 1. The summed E-state index contributed by atoms with van der Waals surface area (Å²) in [4.78, 5) is 0. The first-order valence-corrected chi connectivity index (χ1v) is 7.87. The Balaban J connectivity index is 1.80. The Kier molecular flexibility index (Phi) is 4.08. The number of rotatable bonds is 5. The third-order valence-electron chi connectivity index (χ3n) is 3.76. The molecule has 3 rings (SSSR count). The number of benzene rings is 2. The molecule has 0 aromatic heterocycles. The van der Waals surface area contributed by atoms with Gasteiger partial charge in [-0.15, -0.1) is 0 Å². The largest absolute Gasteiger partial charge is 0.377 e. The van der Waals surface area contributed by atoms with Crippen molar-refractivity contribution in [1.29, 1.82) is 0 Å². The summed E-state index contributed by atoms with van der Waals surface area (Å²) in [6.45, 7) is 0.584. The molecule has 1 unspecified atom stereocenters. The highest BCUT2D eigenvalue weighted by Gasteiger charge is 2.24. The van der Waals surface area contributed by atoms with E-state index < -0.39 is 0 Å². The zero-order valence-electron chi connectivity index (χ0n) is 11.4. The average molecular weight is 331 g/mol. The molecule has 1 aliphatic carbocycles. The van der Waals surface area contributed by atoms with Crippen LogP contribution in [0.25, 0.3) is 0 Å². The first kappa shape index (κ1) is 13.7. The maximum atomic E-state index is 5.96. The zero-order valence-corrected chi connectivity index (χ0v) is 12.9. The summed E-state index contributed by atoms with van der Waals surface area (Å²) < 4.78 is 1.07. The molecule has 0 amide bonds. The van der Waals surface area contributed by atoms with Crippen LogP contribution in [0.3, 0.4) is 0 Å². The van der Waals surface area contributed by atoms with Crippen molar-refractivity contribution in [1.82, 2.24) is 0 Å². The van der Waals surface area contributed by atoms with Crippen molar-refractivity contribution < 1.29 is 0 Å². The number of nitrogens with one attached hydrogen (secondary N) is 1. The van der Waals surface area contributed by atoms with Crippen LogP contribution in [0, 0.1) is 0 Å². The van der Waals surface area contributed by atoms with Crippen molar-refractivity contribution in [3.8, 4) is 0 Å². The van der Waals surface area contributed by atoms with Crippen molar-refractivity contribution in [2.45, 2.75) is 24.8 Å². The highest BCUT2D eigenvalue weighted by molar-refractivity contribution is 9.10. The maximum Gasteiger partial charge on any atom is 0.0636 e. The van der Waals surface area contributed by atoms with E-state index in [1.54, 1.807) is 0 Å². The third kappa shape index (κ3) is 3.22. The van der Waals surface area contributed by atoms with E-state index in [0.717, 1.165) is 16.1 Å². The summed E-state index contributed by atoms with van der Waals surface area (Å²) in [6, 6.07) is 17.2. The number of nitrogens with two attached hydrogens (primary N) is 1. The van der Waals surface area contributed by atoms with Gasteiger partial charge in [-0.2, -0.15) is 0 Å². The molecule has 1 saturated carbocycles. The standard InChI is InChI=1S/C17H19BrN2/c18-15-5-2-6-16(10-15)20-17(11-19)14-4-1-3-13(9-14)12-7-8-12/h1-6,9-10,12,17,20H,7-8,11,19H2. The van der Waals surface area contributed by atoms with Crippen molar-refractivity contribution >= 4 is 21.6 Å². The Morgan fingerprint density at radius 3 is 2.65 bits per heavy atom. The minimum Gasteiger partial charge on any atom is -0.377 e. The van der Waals surface area contributed by atoms with Crippen LogP contribution in [-0.2, 0) is 0 Å². The summed E-state index contributed by atoms with van der Waals surface area (Å²) >= 11 is 3.50. The Labute approximate surface area is 128 Å². The van der Waals surface area contributed by atoms with Gasteiger partial charge in [0.2, 0.25) is 0 Å². The van der Waals surface area contributed by atoms with E-state index in [0.29, 0.717) is 6.54 Å². The molecule has 2 aromatic rings. The van der Waals surface area contributed by atoms with Gasteiger partial charge in [-0.05, 0) is 48.1 Å². The molecule has 0 spiro atoms. The predicted molar refractivity (Wildman–Crippen MR) is 88.0 cm³/mol. The Bertz CT molecular complexity index is 593. The smallest absolute Gasteiger partial charge is 0.0636 e. The molecule has 1 fully saturated rings. The first-order valence-electron chi connectivity index (χ1n) is 7.08. The summed E-state index contributed by atoms with van der Waals surface area (Å²) in [5.74, 6) is 0.777. The quantitative estimate of drug-likeness (QED) is 0.850. The van der Waals surface area contributed by atoms with Crippen LogP contribution in [0.2, 0.25) is 0 Å². The van der Waals surface area contributed by atoms with Gasteiger partial charge < -0.3 is 11.1 Å². The summed E-state index contributed by atoms with van der Waals surface area (Å²) in [5.41, 5.74) is 9.78. The molecule has 0 radical (unpaired) electrons. The molecule has 20 heavy (non-hydrogen) atoms. The van der Waals surface area contributed by atoms with Crippen LogP contribution >= 0.6 is 15.9 Å². The van der Waals surface area contributed by atoms with Crippen LogP contribution in [0.5, 0.6) is 0 Å². The fourth-order valence-electron chi connectivity index (χ4n) is 2.50. The molecule has 1 aliphatic rings. The van der Waals surface area contributed by atoms with Gasteiger partial charge in [0.1, 0.15) is 0 Å².